The summed E-state index contributed by atoms with van der Waals surface area (Å²) in [5.41, 5.74) is 1.47. The monoisotopic (exact) mass is 553 g/mol. The molecule has 13 nitrogen and oxygen atoms in total. The predicted octanol–water partition coefficient (Wildman–Crippen LogP) is 3.16. The van der Waals surface area contributed by atoms with Crippen LogP contribution in [0.5, 0.6) is 17.2 Å². The highest BCUT2D eigenvalue weighted by atomic mass is 32.2. The third-order valence-electron chi connectivity index (χ3n) is 6.32. The Morgan fingerprint density at radius 3 is 2.38 bits per heavy atom. The lowest BCUT2D eigenvalue weighted by atomic mass is 10.0. The Morgan fingerprint density at radius 1 is 1.10 bits per heavy atom. The zero-order chi connectivity index (χ0) is 27.9. The molecule has 14 heteroatoms. The average Bonchev–Trinajstić information content (AvgIpc) is 3.30. The number of allylic oxidation sites excluding steroid dienone is 1. The van der Waals surface area contributed by atoms with Crippen molar-refractivity contribution in [2.75, 3.05) is 14.2 Å². The number of nitrogens with zero attached hydrogens (tertiary/aromatic N) is 5. The smallest absolute Gasteiger partial charge is 0.339 e. The number of nitro groups is 1. The highest BCUT2D eigenvalue weighted by Gasteiger charge is 2.25. The standard InChI is InChI=1S/C25H23N5O8S/c1-28-24-19(14-26-28)25(31)29-10-4-5-16(23(29)27-24)11-15-12-20(36-2)22(21(13-15)37-3)38-39(34,35)18-8-6-17(7-9-18)30(32)33/h6-9,11-14H,4-5,10H2,1-3H3/b16-11+. The number of fused-ring (bicyclic) bond motifs is 2. The number of benzene rings is 2. The Balaban J connectivity index is 1.55. The van der Waals surface area contributed by atoms with E-state index in [9.17, 15) is 23.3 Å². The van der Waals surface area contributed by atoms with Gasteiger partial charge in [0.15, 0.2) is 17.1 Å². The minimum atomic E-state index is -4.38. The van der Waals surface area contributed by atoms with Gasteiger partial charge in [0.2, 0.25) is 5.75 Å². The molecule has 2 aromatic heterocycles. The van der Waals surface area contributed by atoms with E-state index in [0.29, 0.717) is 35.4 Å². The van der Waals surface area contributed by atoms with Crippen LogP contribution in [-0.4, -0.2) is 46.9 Å². The van der Waals surface area contributed by atoms with E-state index in [0.717, 1.165) is 36.3 Å². The SMILES string of the molecule is COc1cc(/C=C2\CCCn3c2nc2c(cnn2C)c3=O)cc(OC)c1OS(=O)(=O)c1ccc([N+](=O)[O-])cc1. The molecule has 5 rings (SSSR count). The molecule has 4 aromatic rings. The van der Waals surface area contributed by atoms with Crippen LogP contribution >= 0.6 is 0 Å². The summed E-state index contributed by atoms with van der Waals surface area (Å²) in [6.07, 6.45) is 4.73. The van der Waals surface area contributed by atoms with Crippen molar-refractivity contribution < 1.29 is 27.0 Å². The number of hydrogen-bond acceptors (Lipinski definition) is 10. The minimum absolute atomic E-state index is 0.0786. The highest BCUT2D eigenvalue weighted by molar-refractivity contribution is 7.87. The van der Waals surface area contributed by atoms with Crippen molar-refractivity contribution in [1.29, 1.82) is 0 Å². The molecule has 0 amide bonds. The first-order valence-electron chi connectivity index (χ1n) is 11.7. The van der Waals surface area contributed by atoms with Crippen molar-refractivity contribution in [2.24, 2.45) is 7.05 Å². The molecule has 0 aliphatic carbocycles. The summed E-state index contributed by atoms with van der Waals surface area (Å²) in [5, 5.41) is 15.5. The van der Waals surface area contributed by atoms with E-state index in [1.54, 1.807) is 28.4 Å². The maximum atomic E-state index is 13.0. The third-order valence-corrected chi connectivity index (χ3v) is 7.55. The minimum Gasteiger partial charge on any atom is -0.493 e. The molecule has 0 saturated carbocycles. The molecule has 2 aromatic carbocycles. The number of ether oxygens (including phenoxy) is 2. The van der Waals surface area contributed by atoms with Crippen LogP contribution in [0.25, 0.3) is 22.7 Å². The second-order valence-corrected chi connectivity index (χ2v) is 10.3. The van der Waals surface area contributed by atoms with Gasteiger partial charge in [0.1, 0.15) is 16.1 Å². The molecule has 0 N–H and O–H groups in total. The fourth-order valence-electron chi connectivity index (χ4n) is 4.40. The molecule has 3 heterocycles. The van der Waals surface area contributed by atoms with Gasteiger partial charge in [0, 0.05) is 25.7 Å². The van der Waals surface area contributed by atoms with E-state index in [-0.39, 0.29) is 33.4 Å². The molecule has 0 atom stereocenters. The van der Waals surface area contributed by atoms with E-state index in [2.05, 4.69) is 5.10 Å². The molecule has 0 saturated heterocycles. The lowest BCUT2D eigenvalue weighted by Crippen LogP contribution is -2.27. The number of methoxy groups -OCH3 is 2. The van der Waals surface area contributed by atoms with Crippen molar-refractivity contribution in [3.8, 4) is 17.2 Å². The molecule has 1 aliphatic heterocycles. The first kappa shape index (κ1) is 25.9. The van der Waals surface area contributed by atoms with Crippen LogP contribution in [0.1, 0.15) is 24.2 Å². The summed E-state index contributed by atoms with van der Waals surface area (Å²) in [5.74, 6) is 0.502. The van der Waals surface area contributed by atoms with E-state index < -0.39 is 15.0 Å². The van der Waals surface area contributed by atoms with Crippen molar-refractivity contribution in [3.63, 3.8) is 0 Å². The van der Waals surface area contributed by atoms with Gasteiger partial charge in [-0.15, -0.1) is 0 Å². The van der Waals surface area contributed by atoms with Gasteiger partial charge in [-0.2, -0.15) is 13.5 Å². The predicted molar refractivity (Wildman–Crippen MR) is 140 cm³/mol. The van der Waals surface area contributed by atoms with Gasteiger partial charge in [-0.05, 0) is 54.3 Å². The number of rotatable bonds is 7. The molecule has 202 valence electrons. The van der Waals surface area contributed by atoms with Gasteiger partial charge in [0.05, 0.1) is 25.3 Å². The van der Waals surface area contributed by atoms with Crippen molar-refractivity contribution in [3.05, 3.63) is 74.5 Å². The zero-order valence-corrected chi connectivity index (χ0v) is 22.0. The van der Waals surface area contributed by atoms with Crippen LogP contribution in [0.3, 0.4) is 0 Å². The van der Waals surface area contributed by atoms with Crippen LogP contribution < -0.4 is 19.2 Å². The van der Waals surface area contributed by atoms with Crippen molar-refractivity contribution in [2.45, 2.75) is 24.3 Å². The molecule has 1 aliphatic rings. The normalized spacial score (nSPS) is 14.3. The topological polar surface area (TPSA) is 158 Å². The first-order chi connectivity index (χ1) is 18.6. The van der Waals surface area contributed by atoms with Gasteiger partial charge in [-0.25, -0.2) is 4.98 Å². The van der Waals surface area contributed by atoms with Crippen LogP contribution in [0.4, 0.5) is 5.69 Å². The summed E-state index contributed by atoms with van der Waals surface area (Å²) in [6.45, 7) is 0.531. The Hall–Kier alpha value is -4.72. The lowest BCUT2D eigenvalue weighted by Gasteiger charge is -2.20. The Labute approximate surface area is 222 Å². The van der Waals surface area contributed by atoms with E-state index in [1.165, 1.54) is 20.4 Å². The molecular formula is C25H23N5O8S. The quantitative estimate of drug-likeness (QED) is 0.189. The van der Waals surface area contributed by atoms with Crippen molar-refractivity contribution >= 4 is 38.5 Å². The van der Waals surface area contributed by atoms with Crippen LogP contribution in [0.2, 0.25) is 0 Å². The maximum absolute atomic E-state index is 13.0. The Bertz CT molecular complexity index is 1780. The van der Waals surface area contributed by atoms with Crippen LogP contribution in [0.15, 0.2) is 52.3 Å². The maximum Gasteiger partial charge on any atom is 0.339 e. The molecule has 0 bridgehead atoms. The van der Waals surface area contributed by atoms with Gasteiger partial charge in [0.25, 0.3) is 11.2 Å². The zero-order valence-electron chi connectivity index (χ0n) is 21.2. The fraction of sp³-hybridized carbons (Fsp3) is 0.240. The summed E-state index contributed by atoms with van der Waals surface area (Å²) < 4.78 is 45.3. The average molecular weight is 554 g/mol. The van der Waals surface area contributed by atoms with Gasteiger partial charge in [-0.3, -0.25) is 24.2 Å². The number of nitro benzene ring substituents is 1. The molecule has 0 fully saturated rings. The summed E-state index contributed by atoms with van der Waals surface area (Å²) in [6, 6.07) is 7.47. The fourth-order valence-corrected chi connectivity index (χ4v) is 5.35. The van der Waals surface area contributed by atoms with Gasteiger partial charge in [-0.1, -0.05) is 0 Å². The number of non-ortho nitro benzene ring substituents is 1. The Kier molecular flexibility index (Phi) is 6.56. The molecule has 39 heavy (non-hydrogen) atoms. The molecule has 0 spiro atoms. The third kappa shape index (κ3) is 4.69. The highest BCUT2D eigenvalue weighted by Crippen LogP contribution is 2.41. The van der Waals surface area contributed by atoms with Crippen LogP contribution in [0, 0.1) is 10.1 Å². The Morgan fingerprint density at radius 2 is 1.77 bits per heavy atom. The van der Waals surface area contributed by atoms with Crippen molar-refractivity contribution in [1.82, 2.24) is 19.3 Å². The van der Waals surface area contributed by atoms with Gasteiger partial charge < -0.3 is 13.7 Å². The number of aryl methyl sites for hydroxylation is 1. The number of hydrogen-bond donors (Lipinski definition) is 0. The lowest BCUT2D eigenvalue weighted by molar-refractivity contribution is -0.384. The van der Waals surface area contributed by atoms with Gasteiger partial charge >= 0.3 is 10.1 Å². The summed E-state index contributed by atoms with van der Waals surface area (Å²) in [7, 11) is 0.0488. The first-order valence-corrected chi connectivity index (χ1v) is 13.1. The summed E-state index contributed by atoms with van der Waals surface area (Å²) in [4.78, 5) is 27.7. The summed E-state index contributed by atoms with van der Waals surface area (Å²) >= 11 is 0. The van der Waals surface area contributed by atoms with E-state index in [4.69, 9.17) is 18.6 Å². The molecule has 0 radical (unpaired) electrons. The molecule has 0 unspecified atom stereocenters. The number of aromatic nitrogens is 4. The van der Waals surface area contributed by atoms with E-state index >= 15 is 0 Å². The second-order valence-electron chi connectivity index (χ2n) is 8.71. The largest absolute Gasteiger partial charge is 0.493 e. The van der Waals surface area contributed by atoms with Crippen LogP contribution in [-0.2, 0) is 23.7 Å². The van der Waals surface area contributed by atoms with E-state index in [1.807, 2.05) is 6.08 Å². The molecular weight excluding hydrogens is 530 g/mol. The second kappa shape index (κ2) is 9.87.